The van der Waals surface area contributed by atoms with E-state index in [0.717, 1.165) is 0 Å². The Morgan fingerprint density at radius 1 is 1.41 bits per heavy atom. The molecule has 0 fully saturated rings. The first-order valence-electron chi connectivity index (χ1n) is 4.91. The van der Waals surface area contributed by atoms with Crippen LogP contribution in [0.4, 0.5) is 0 Å². The minimum Gasteiger partial charge on any atom is -0.382 e. The van der Waals surface area contributed by atoms with Gasteiger partial charge in [0, 0.05) is 28.0 Å². The van der Waals surface area contributed by atoms with Crippen LogP contribution in [-0.2, 0) is 0 Å². The lowest BCUT2D eigenvalue weighted by atomic mass is 10.1. The van der Waals surface area contributed by atoms with Gasteiger partial charge in [-0.15, -0.1) is 0 Å². The average Bonchev–Trinajstić information content (AvgIpc) is 2.80. The lowest BCUT2D eigenvalue weighted by Gasteiger charge is -2.15. The van der Waals surface area contributed by atoms with Crippen molar-refractivity contribution < 1.29 is 5.11 Å². The summed E-state index contributed by atoms with van der Waals surface area (Å²) in [5.41, 5.74) is 0.982. The van der Waals surface area contributed by atoms with Gasteiger partial charge >= 0.3 is 0 Å². The maximum absolute atomic E-state index is 10.1. The molecule has 5 heteroatoms. The fourth-order valence-electron chi connectivity index (χ4n) is 1.47. The van der Waals surface area contributed by atoms with Crippen LogP contribution in [-0.4, -0.2) is 14.9 Å². The van der Waals surface area contributed by atoms with Gasteiger partial charge in [0.05, 0.1) is 5.70 Å². The average molecular weight is 269 g/mol. The van der Waals surface area contributed by atoms with E-state index in [1.54, 1.807) is 36.7 Å². The number of aromatic nitrogens is 2. The largest absolute Gasteiger partial charge is 0.382 e. The fraction of sp³-hybridized carbons (Fsp3) is 0.0833. The maximum Gasteiger partial charge on any atom is 0.122 e. The van der Waals surface area contributed by atoms with Crippen LogP contribution in [0.2, 0.25) is 10.0 Å². The van der Waals surface area contributed by atoms with Gasteiger partial charge in [-0.2, -0.15) is 5.10 Å². The molecule has 17 heavy (non-hydrogen) atoms. The summed E-state index contributed by atoms with van der Waals surface area (Å²) >= 11 is 11.8. The van der Waals surface area contributed by atoms with Gasteiger partial charge in [0.15, 0.2) is 0 Å². The van der Waals surface area contributed by atoms with Crippen LogP contribution >= 0.6 is 23.2 Å². The van der Waals surface area contributed by atoms with Crippen molar-refractivity contribution in [2.45, 2.75) is 6.10 Å². The molecule has 0 aliphatic rings. The van der Waals surface area contributed by atoms with Crippen molar-refractivity contribution in [2.75, 3.05) is 0 Å². The van der Waals surface area contributed by atoms with Gasteiger partial charge in [-0.25, -0.2) is 4.68 Å². The van der Waals surface area contributed by atoms with Crippen molar-refractivity contribution in [2.24, 2.45) is 0 Å². The molecule has 0 radical (unpaired) electrons. The zero-order valence-electron chi connectivity index (χ0n) is 8.85. The third-order valence-electron chi connectivity index (χ3n) is 2.37. The number of hydrogen-bond donors (Lipinski definition) is 1. The molecule has 2 aromatic rings. The Morgan fingerprint density at radius 3 is 2.76 bits per heavy atom. The lowest BCUT2D eigenvalue weighted by molar-refractivity contribution is 0.231. The predicted octanol–water partition coefficient (Wildman–Crippen LogP) is 3.39. The Labute approximate surface area is 109 Å². The molecule has 3 nitrogen and oxygen atoms in total. The molecule has 1 heterocycles. The molecule has 1 unspecified atom stereocenters. The van der Waals surface area contributed by atoms with Crippen molar-refractivity contribution in [3.05, 3.63) is 58.8 Å². The number of rotatable bonds is 3. The topological polar surface area (TPSA) is 38.0 Å². The van der Waals surface area contributed by atoms with E-state index in [4.69, 9.17) is 23.2 Å². The number of aliphatic hydroxyl groups excluding tert-OH is 1. The number of benzene rings is 1. The second-order valence-corrected chi connectivity index (χ2v) is 4.35. The molecule has 0 amide bonds. The van der Waals surface area contributed by atoms with Crippen molar-refractivity contribution in [3.63, 3.8) is 0 Å². The molecule has 0 spiro atoms. The Hall–Kier alpha value is -1.29. The molecule has 1 aromatic heterocycles. The summed E-state index contributed by atoms with van der Waals surface area (Å²) in [5, 5.41) is 15.1. The molecule has 2 rings (SSSR count). The van der Waals surface area contributed by atoms with E-state index in [-0.39, 0.29) is 0 Å². The van der Waals surface area contributed by atoms with E-state index in [0.29, 0.717) is 21.3 Å². The smallest absolute Gasteiger partial charge is 0.122 e. The summed E-state index contributed by atoms with van der Waals surface area (Å²) in [6, 6.07) is 6.67. The van der Waals surface area contributed by atoms with Crippen molar-refractivity contribution >= 4 is 28.9 Å². The highest BCUT2D eigenvalue weighted by molar-refractivity contribution is 6.35. The number of nitrogens with zero attached hydrogens (tertiary/aromatic N) is 2. The Balaban J connectivity index is 2.31. The third kappa shape index (κ3) is 2.52. The van der Waals surface area contributed by atoms with E-state index < -0.39 is 6.10 Å². The van der Waals surface area contributed by atoms with Gasteiger partial charge in [0.2, 0.25) is 0 Å². The highest BCUT2D eigenvalue weighted by Gasteiger charge is 2.16. The minimum atomic E-state index is -0.917. The molecule has 1 atom stereocenters. The Bertz CT molecular complexity index is 537. The van der Waals surface area contributed by atoms with Gasteiger partial charge in [-0.3, -0.25) is 0 Å². The van der Waals surface area contributed by atoms with Crippen molar-refractivity contribution in [1.82, 2.24) is 9.78 Å². The number of hydrogen-bond acceptors (Lipinski definition) is 2. The van der Waals surface area contributed by atoms with Gasteiger partial charge < -0.3 is 5.11 Å². The van der Waals surface area contributed by atoms with E-state index in [1.165, 1.54) is 4.68 Å². The first-order chi connectivity index (χ1) is 8.09. The number of halogens is 2. The summed E-state index contributed by atoms with van der Waals surface area (Å²) in [6.45, 7) is 3.80. The second kappa shape index (κ2) is 4.92. The molecule has 0 aliphatic carbocycles. The predicted molar refractivity (Wildman–Crippen MR) is 69.0 cm³/mol. The van der Waals surface area contributed by atoms with Crippen LogP contribution in [0.1, 0.15) is 11.7 Å². The molecular formula is C12H10Cl2N2O. The monoisotopic (exact) mass is 268 g/mol. The van der Waals surface area contributed by atoms with Crippen LogP contribution < -0.4 is 0 Å². The lowest BCUT2D eigenvalue weighted by Crippen LogP contribution is -2.07. The summed E-state index contributed by atoms with van der Waals surface area (Å²) in [4.78, 5) is 0. The second-order valence-electron chi connectivity index (χ2n) is 3.51. The van der Waals surface area contributed by atoms with Crippen molar-refractivity contribution in [3.8, 4) is 0 Å². The zero-order chi connectivity index (χ0) is 12.4. The first-order valence-corrected chi connectivity index (χ1v) is 5.67. The van der Waals surface area contributed by atoms with Gasteiger partial charge in [-0.1, -0.05) is 35.8 Å². The Morgan fingerprint density at radius 2 is 2.18 bits per heavy atom. The SMILES string of the molecule is C=C(C(O)c1ccc(Cl)cc1Cl)n1cccn1. The molecule has 1 aromatic carbocycles. The highest BCUT2D eigenvalue weighted by atomic mass is 35.5. The van der Waals surface area contributed by atoms with E-state index in [9.17, 15) is 5.11 Å². The van der Waals surface area contributed by atoms with Crippen LogP contribution in [0.5, 0.6) is 0 Å². The van der Waals surface area contributed by atoms with Gasteiger partial charge in [-0.05, 0) is 18.2 Å². The molecule has 0 saturated carbocycles. The molecule has 0 aliphatic heterocycles. The van der Waals surface area contributed by atoms with Crippen LogP contribution in [0, 0.1) is 0 Å². The van der Waals surface area contributed by atoms with Crippen LogP contribution in [0.15, 0.2) is 43.2 Å². The van der Waals surface area contributed by atoms with E-state index in [1.807, 2.05) is 0 Å². The highest BCUT2D eigenvalue weighted by Crippen LogP contribution is 2.31. The quantitative estimate of drug-likeness (QED) is 0.927. The summed E-state index contributed by atoms with van der Waals surface area (Å²) in [7, 11) is 0. The molecular weight excluding hydrogens is 259 g/mol. The standard InChI is InChI=1S/C12H10Cl2N2O/c1-8(16-6-2-5-15-16)12(17)10-4-3-9(13)7-11(10)14/h2-7,12,17H,1H2. The van der Waals surface area contributed by atoms with Crippen molar-refractivity contribution in [1.29, 1.82) is 0 Å². The summed E-state index contributed by atoms with van der Waals surface area (Å²) in [5.74, 6) is 0. The zero-order valence-corrected chi connectivity index (χ0v) is 10.4. The fourth-order valence-corrected chi connectivity index (χ4v) is 1.98. The summed E-state index contributed by atoms with van der Waals surface area (Å²) < 4.78 is 1.50. The third-order valence-corrected chi connectivity index (χ3v) is 2.93. The molecule has 0 bridgehead atoms. The number of aliphatic hydroxyl groups is 1. The van der Waals surface area contributed by atoms with Gasteiger partial charge in [0.25, 0.3) is 0 Å². The molecule has 88 valence electrons. The molecule has 0 saturated heterocycles. The van der Waals surface area contributed by atoms with E-state index >= 15 is 0 Å². The maximum atomic E-state index is 10.1. The minimum absolute atomic E-state index is 0.401. The van der Waals surface area contributed by atoms with E-state index in [2.05, 4.69) is 11.7 Å². The first kappa shape index (κ1) is 12.2. The van der Waals surface area contributed by atoms with Gasteiger partial charge in [0.1, 0.15) is 6.10 Å². The summed E-state index contributed by atoms with van der Waals surface area (Å²) in [6.07, 6.45) is 2.40. The van der Waals surface area contributed by atoms with Crippen LogP contribution in [0.25, 0.3) is 5.70 Å². The van der Waals surface area contributed by atoms with Crippen LogP contribution in [0.3, 0.4) is 0 Å². The molecule has 1 N–H and O–H groups in total. The Kier molecular flexibility index (Phi) is 3.52. The normalized spacial score (nSPS) is 12.4.